The summed E-state index contributed by atoms with van der Waals surface area (Å²) in [6.07, 6.45) is 7.64. The number of methoxy groups -OCH3 is 1. The van der Waals surface area contributed by atoms with Crippen molar-refractivity contribution < 1.29 is 4.74 Å². The minimum atomic E-state index is 0.249. The van der Waals surface area contributed by atoms with E-state index in [1.807, 2.05) is 7.11 Å². The van der Waals surface area contributed by atoms with Crippen LogP contribution in [0.1, 0.15) is 45.4 Å². The quantitative estimate of drug-likeness (QED) is 0.615. The Morgan fingerprint density at radius 1 is 1.31 bits per heavy atom. The molecule has 2 nitrogen and oxygen atoms in total. The summed E-state index contributed by atoms with van der Waals surface area (Å²) in [6.45, 7) is 4.51. The number of hydrogen-bond acceptors (Lipinski definition) is 2. The maximum Gasteiger partial charge on any atom is 0.0690 e. The van der Waals surface area contributed by atoms with Crippen LogP contribution in [-0.4, -0.2) is 25.8 Å². The second-order valence-corrected chi connectivity index (χ2v) is 4.09. The van der Waals surface area contributed by atoms with Crippen LogP contribution in [0.25, 0.3) is 0 Å². The molecule has 0 aromatic heterocycles. The van der Waals surface area contributed by atoms with Gasteiger partial charge >= 0.3 is 0 Å². The lowest BCUT2D eigenvalue weighted by atomic mass is 9.77. The van der Waals surface area contributed by atoms with Crippen LogP contribution in [0.15, 0.2) is 0 Å². The summed E-state index contributed by atoms with van der Waals surface area (Å²) in [6, 6.07) is 0. The standard InChI is InChI=1S/C11H23NO/c1-3-4-9-12-10-8-11(13-2)6-5-7-11/h12H,3-10H2,1-2H3. The van der Waals surface area contributed by atoms with Gasteiger partial charge < -0.3 is 10.1 Å². The van der Waals surface area contributed by atoms with E-state index in [4.69, 9.17) is 4.74 Å². The van der Waals surface area contributed by atoms with Crippen molar-refractivity contribution >= 4 is 0 Å². The summed E-state index contributed by atoms with van der Waals surface area (Å²) in [5.41, 5.74) is 0.249. The van der Waals surface area contributed by atoms with Gasteiger partial charge in [-0.15, -0.1) is 0 Å². The normalized spacial score (nSPS) is 19.8. The van der Waals surface area contributed by atoms with E-state index in [-0.39, 0.29) is 5.60 Å². The van der Waals surface area contributed by atoms with Gasteiger partial charge in [-0.1, -0.05) is 13.3 Å². The average molecular weight is 185 g/mol. The molecule has 0 amide bonds. The molecule has 0 aromatic rings. The largest absolute Gasteiger partial charge is 0.378 e. The average Bonchev–Trinajstić information content (AvgIpc) is 2.09. The lowest BCUT2D eigenvalue weighted by Gasteiger charge is -2.40. The van der Waals surface area contributed by atoms with E-state index in [2.05, 4.69) is 12.2 Å². The molecule has 1 aliphatic carbocycles. The lowest BCUT2D eigenvalue weighted by Crippen LogP contribution is -2.41. The molecule has 0 aromatic carbocycles. The van der Waals surface area contributed by atoms with Crippen molar-refractivity contribution in [3.05, 3.63) is 0 Å². The molecule has 1 saturated carbocycles. The molecule has 0 unspecified atom stereocenters. The molecule has 0 radical (unpaired) electrons. The zero-order chi connectivity index (χ0) is 9.57. The maximum absolute atomic E-state index is 5.54. The Kier molecular flexibility index (Phi) is 4.74. The zero-order valence-electron chi connectivity index (χ0n) is 9.07. The van der Waals surface area contributed by atoms with E-state index in [0.717, 1.165) is 13.1 Å². The minimum Gasteiger partial charge on any atom is -0.378 e. The van der Waals surface area contributed by atoms with Gasteiger partial charge in [0.2, 0.25) is 0 Å². The van der Waals surface area contributed by atoms with Crippen LogP contribution in [0, 0.1) is 0 Å². The highest BCUT2D eigenvalue weighted by Crippen LogP contribution is 2.37. The minimum absolute atomic E-state index is 0.249. The molecule has 0 saturated heterocycles. The van der Waals surface area contributed by atoms with E-state index >= 15 is 0 Å². The maximum atomic E-state index is 5.54. The molecular formula is C11H23NO. The van der Waals surface area contributed by atoms with Gasteiger partial charge in [-0.05, 0) is 45.2 Å². The van der Waals surface area contributed by atoms with Gasteiger partial charge in [-0.3, -0.25) is 0 Å². The number of hydrogen-bond donors (Lipinski definition) is 1. The first-order chi connectivity index (χ1) is 6.33. The van der Waals surface area contributed by atoms with Crippen LogP contribution in [0.4, 0.5) is 0 Å². The fraction of sp³-hybridized carbons (Fsp3) is 1.00. The molecule has 78 valence electrons. The SMILES string of the molecule is CCCCNCCC1(OC)CCC1. The predicted octanol–water partition coefficient (Wildman–Crippen LogP) is 2.34. The van der Waals surface area contributed by atoms with E-state index in [1.165, 1.54) is 38.5 Å². The van der Waals surface area contributed by atoms with E-state index in [0.29, 0.717) is 0 Å². The third-order valence-electron chi connectivity index (χ3n) is 3.16. The molecule has 1 aliphatic rings. The third-order valence-corrected chi connectivity index (χ3v) is 3.16. The van der Waals surface area contributed by atoms with Crippen LogP contribution >= 0.6 is 0 Å². The highest BCUT2D eigenvalue weighted by Gasteiger charge is 2.35. The van der Waals surface area contributed by atoms with Gasteiger partial charge in [0.15, 0.2) is 0 Å². The highest BCUT2D eigenvalue weighted by atomic mass is 16.5. The van der Waals surface area contributed by atoms with Crippen LogP contribution in [0.3, 0.4) is 0 Å². The molecule has 1 N–H and O–H groups in total. The molecule has 1 rings (SSSR count). The van der Waals surface area contributed by atoms with Gasteiger partial charge in [0, 0.05) is 7.11 Å². The predicted molar refractivity (Wildman–Crippen MR) is 56.0 cm³/mol. The van der Waals surface area contributed by atoms with Crippen LogP contribution in [-0.2, 0) is 4.74 Å². The Bertz CT molecular complexity index is 127. The van der Waals surface area contributed by atoms with Crippen molar-refractivity contribution in [1.82, 2.24) is 5.32 Å². The summed E-state index contributed by atoms with van der Waals surface area (Å²) in [5, 5.41) is 3.46. The van der Waals surface area contributed by atoms with Gasteiger partial charge in [0.25, 0.3) is 0 Å². The number of ether oxygens (including phenoxy) is 1. The fourth-order valence-corrected chi connectivity index (χ4v) is 1.87. The molecule has 13 heavy (non-hydrogen) atoms. The first-order valence-electron chi connectivity index (χ1n) is 5.59. The number of nitrogens with one attached hydrogen (secondary N) is 1. The number of rotatable bonds is 7. The smallest absolute Gasteiger partial charge is 0.0690 e. The Labute approximate surface area is 82.0 Å². The molecule has 0 bridgehead atoms. The van der Waals surface area contributed by atoms with Crippen LogP contribution in [0.5, 0.6) is 0 Å². The molecular weight excluding hydrogens is 162 g/mol. The van der Waals surface area contributed by atoms with Crippen molar-refractivity contribution in [3.8, 4) is 0 Å². The molecule has 0 heterocycles. The Morgan fingerprint density at radius 3 is 2.54 bits per heavy atom. The van der Waals surface area contributed by atoms with Crippen LogP contribution < -0.4 is 5.32 Å². The topological polar surface area (TPSA) is 21.3 Å². The van der Waals surface area contributed by atoms with Crippen molar-refractivity contribution in [1.29, 1.82) is 0 Å². The van der Waals surface area contributed by atoms with Gasteiger partial charge in [-0.25, -0.2) is 0 Å². The fourth-order valence-electron chi connectivity index (χ4n) is 1.87. The summed E-state index contributed by atoms with van der Waals surface area (Å²) in [7, 11) is 1.85. The van der Waals surface area contributed by atoms with Crippen molar-refractivity contribution in [3.63, 3.8) is 0 Å². The zero-order valence-corrected chi connectivity index (χ0v) is 9.07. The molecule has 2 heteroatoms. The summed E-state index contributed by atoms with van der Waals surface area (Å²) in [4.78, 5) is 0. The van der Waals surface area contributed by atoms with E-state index < -0.39 is 0 Å². The Morgan fingerprint density at radius 2 is 2.08 bits per heavy atom. The van der Waals surface area contributed by atoms with Crippen molar-refractivity contribution in [2.24, 2.45) is 0 Å². The number of unbranched alkanes of at least 4 members (excludes halogenated alkanes) is 1. The van der Waals surface area contributed by atoms with Crippen LogP contribution in [0.2, 0.25) is 0 Å². The highest BCUT2D eigenvalue weighted by molar-refractivity contribution is 4.89. The second-order valence-electron chi connectivity index (χ2n) is 4.09. The van der Waals surface area contributed by atoms with Crippen molar-refractivity contribution in [2.75, 3.05) is 20.2 Å². The Hall–Kier alpha value is -0.0800. The summed E-state index contributed by atoms with van der Waals surface area (Å²) < 4.78 is 5.54. The van der Waals surface area contributed by atoms with E-state index in [9.17, 15) is 0 Å². The molecule has 0 aliphatic heterocycles. The molecule has 1 fully saturated rings. The molecule has 0 spiro atoms. The van der Waals surface area contributed by atoms with Gasteiger partial charge in [0.1, 0.15) is 0 Å². The second kappa shape index (κ2) is 5.61. The summed E-state index contributed by atoms with van der Waals surface area (Å²) in [5.74, 6) is 0. The van der Waals surface area contributed by atoms with Crippen molar-refractivity contribution in [2.45, 2.75) is 51.0 Å². The van der Waals surface area contributed by atoms with Gasteiger partial charge in [-0.2, -0.15) is 0 Å². The first kappa shape index (κ1) is 11.0. The van der Waals surface area contributed by atoms with Gasteiger partial charge in [0.05, 0.1) is 5.60 Å². The van der Waals surface area contributed by atoms with E-state index in [1.54, 1.807) is 0 Å². The molecule has 0 atom stereocenters. The monoisotopic (exact) mass is 185 g/mol. The Balaban J connectivity index is 1.98. The third kappa shape index (κ3) is 3.28. The lowest BCUT2D eigenvalue weighted by molar-refractivity contribution is -0.0767. The summed E-state index contributed by atoms with van der Waals surface area (Å²) >= 11 is 0. The first-order valence-corrected chi connectivity index (χ1v) is 5.59.